The van der Waals surface area contributed by atoms with Crippen LogP contribution in [-0.2, 0) is 14.3 Å². The van der Waals surface area contributed by atoms with E-state index in [4.69, 9.17) is 14.2 Å². The number of fused-ring (bicyclic) bond motifs is 3. The Hall–Kier alpha value is -1.55. The minimum atomic E-state index is -0.240. The lowest BCUT2D eigenvalue weighted by Gasteiger charge is -2.63. The average molecular weight is 344 g/mol. The van der Waals surface area contributed by atoms with E-state index in [2.05, 4.69) is 39.0 Å². The smallest absolute Gasteiger partial charge is 0.305 e. The molecule has 0 amide bonds. The maximum Gasteiger partial charge on any atom is 0.305 e. The molecule has 0 spiro atoms. The molecule has 4 heteroatoms. The van der Waals surface area contributed by atoms with Gasteiger partial charge >= 0.3 is 5.97 Å². The van der Waals surface area contributed by atoms with Gasteiger partial charge in [0.15, 0.2) is 0 Å². The first kappa shape index (κ1) is 16.9. The first-order chi connectivity index (χ1) is 11.9. The van der Waals surface area contributed by atoms with E-state index in [1.54, 1.807) is 0 Å². The second kappa shape index (κ2) is 5.73. The molecule has 1 aromatic carbocycles. The Morgan fingerprint density at radius 1 is 1.32 bits per heavy atom. The molecule has 1 aromatic rings. The van der Waals surface area contributed by atoms with Crippen molar-refractivity contribution in [1.82, 2.24) is 0 Å². The molecule has 0 aromatic heterocycles. The molecule has 25 heavy (non-hydrogen) atoms. The number of para-hydroxylation sites is 1. The highest BCUT2D eigenvalue weighted by Gasteiger charge is 2.64. The quantitative estimate of drug-likeness (QED) is 0.773. The lowest BCUT2D eigenvalue weighted by Crippen LogP contribution is -2.66. The monoisotopic (exact) mass is 344 g/mol. The van der Waals surface area contributed by atoms with Crippen LogP contribution in [0.5, 0.6) is 5.75 Å². The van der Waals surface area contributed by atoms with Gasteiger partial charge in [0, 0.05) is 23.3 Å². The predicted octanol–water partition coefficient (Wildman–Crippen LogP) is 4.14. The second-order valence-electron chi connectivity index (χ2n) is 8.35. The number of esters is 1. The van der Waals surface area contributed by atoms with Crippen molar-refractivity contribution in [3.8, 4) is 5.75 Å². The van der Waals surface area contributed by atoms with Crippen LogP contribution in [0.15, 0.2) is 24.3 Å². The van der Waals surface area contributed by atoms with Crippen molar-refractivity contribution in [2.75, 3.05) is 13.2 Å². The lowest BCUT2D eigenvalue weighted by atomic mass is 9.50. The topological polar surface area (TPSA) is 44.8 Å². The van der Waals surface area contributed by atoms with Crippen LogP contribution < -0.4 is 4.74 Å². The molecule has 1 saturated carbocycles. The molecule has 0 N–H and O–H groups in total. The summed E-state index contributed by atoms with van der Waals surface area (Å²) in [7, 11) is 0. The predicted molar refractivity (Wildman–Crippen MR) is 94.3 cm³/mol. The number of carbonyl (C=O) groups is 1. The average Bonchev–Trinajstić information content (AvgIpc) is 2.59. The summed E-state index contributed by atoms with van der Waals surface area (Å²) in [6.07, 6.45) is 1.44. The summed E-state index contributed by atoms with van der Waals surface area (Å²) in [5.74, 6) is 1.82. The second-order valence-corrected chi connectivity index (χ2v) is 8.35. The van der Waals surface area contributed by atoms with Crippen molar-refractivity contribution >= 4 is 5.97 Å². The van der Waals surface area contributed by atoms with E-state index < -0.39 is 0 Å². The third kappa shape index (κ3) is 2.33. The van der Waals surface area contributed by atoms with Crippen LogP contribution in [0.1, 0.15) is 52.2 Å². The van der Waals surface area contributed by atoms with E-state index in [1.165, 1.54) is 0 Å². The van der Waals surface area contributed by atoms with E-state index in [-0.39, 0.29) is 29.0 Å². The van der Waals surface area contributed by atoms with Crippen LogP contribution in [0, 0.1) is 23.2 Å². The maximum absolute atomic E-state index is 11.8. The van der Waals surface area contributed by atoms with Gasteiger partial charge in [0.25, 0.3) is 0 Å². The molecular formula is C21H28O4. The maximum atomic E-state index is 11.8. The molecular weight excluding hydrogens is 316 g/mol. The first-order valence-electron chi connectivity index (χ1n) is 9.46. The summed E-state index contributed by atoms with van der Waals surface area (Å²) in [6, 6.07) is 8.24. The summed E-state index contributed by atoms with van der Waals surface area (Å²) in [5, 5.41) is 0. The molecule has 3 aliphatic rings. The summed E-state index contributed by atoms with van der Waals surface area (Å²) in [4.78, 5) is 11.8. The molecule has 0 radical (unpaired) electrons. The van der Waals surface area contributed by atoms with Gasteiger partial charge in [0.2, 0.25) is 0 Å². The summed E-state index contributed by atoms with van der Waals surface area (Å²) >= 11 is 0. The minimum Gasteiger partial charge on any atom is -0.487 e. The third-order valence-electron chi connectivity index (χ3n) is 7.06. The van der Waals surface area contributed by atoms with Crippen molar-refractivity contribution in [2.24, 2.45) is 23.2 Å². The molecule has 4 rings (SSSR count). The Balaban J connectivity index is 1.72. The van der Waals surface area contributed by atoms with Crippen LogP contribution in [0.2, 0.25) is 0 Å². The van der Waals surface area contributed by atoms with E-state index in [1.807, 2.05) is 13.0 Å². The van der Waals surface area contributed by atoms with Gasteiger partial charge in [0.1, 0.15) is 11.4 Å². The number of hydrogen-bond donors (Lipinski definition) is 0. The van der Waals surface area contributed by atoms with Crippen molar-refractivity contribution in [3.63, 3.8) is 0 Å². The number of ether oxygens (including phenoxy) is 3. The fourth-order valence-electron chi connectivity index (χ4n) is 5.57. The van der Waals surface area contributed by atoms with Gasteiger partial charge in [-0.3, -0.25) is 4.79 Å². The zero-order valence-electron chi connectivity index (χ0n) is 15.6. The Kier molecular flexibility index (Phi) is 3.87. The SMILES string of the molecule is CCC(=O)OC[C@@]12CO[C@@H]3c4ccccc4O[C@@](C)(C[C@@H]1C)[C@H]3[C@H]2C. The Morgan fingerprint density at radius 2 is 2.08 bits per heavy atom. The van der Waals surface area contributed by atoms with Crippen LogP contribution in [-0.4, -0.2) is 24.8 Å². The Morgan fingerprint density at radius 3 is 2.84 bits per heavy atom. The number of carbonyl (C=O) groups excluding carboxylic acids is 1. The van der Waals surface area contributed by atoms with Crippen LogP contribution in [0.25, 0.3) is 0 Å². The third-order valence-corrected chi connectivity index (χ3v) is 7.06. The molecule has 6 atom stereocenters. The van der Waals surface area contributed by atoms with Crippen molar-refractivity contribution in [2.45, 2.75) is 52.2 Å². The minimum absolute atomic E-state index is 0.0625. The zero-order chi connectivity index (χ0) is 17.8. The van der Waals surface area contributed by atoms with Crippen molar-refractivity contribution in [3.05, 3.63) is 29.8 Å². The van der Waals surface area contributed by atoms with Gasteiger partial charge < -0.3 is 14.2 Å². The van der Waals surface area contributed by atoms with E-state index >= 15 is 0 Å². The standard InChI is InChI=1S/C21H28O4/c1-5-17(22)23-11-21-12-24-19-15-8-6-7-9-16(15)25-20(4,10-13(21)2)18(19)14(21)3/h6-9,13-14,18-19H,5,10-12H2,1-4H3/t13-,14+,18-,19+,20-,21+/m0/s1. The molecule has 1 saturated heterocycles. The molecule has 2 aliphatic heterocycles. The van der Waals surface area contributed by atoms with Gasteiger partial charge in [-0.05, 0) is 31.2 Å². The summed E-state index contributed by atoms with van der Waals surface area (Å²) in [6.45, 7) is 9.70. The summed E-state index contributed by atoms with van der Waals surface area (Å²) in [5.41, 5.74) is 0.794. The number of benzene rings is 1. The van der Waals surface area contributed by atoms with E-state index in [0.29, 0.717) is 31.5 Å². The van der Waals surface area contributed by atoms with Gasteiger partial charge in [-0.25, -0.2) is 0 Å². The molecule has 2 heterocycles. The van der Waals surface area contributed by atoms with Gasteiger partial charge in [0.05, 0.1) is 19.3 Å². The number of rotatable bonds is 3. The highest BCUT2D eigenvalue weighted by molar-refractivity contribution is 5.68. The highest BCUT2D eigenvalue weighted by Crippen LogP contribution is 2.63. The fraction of sp³-hybridized carbons (Fsp3) is 0.667. The Bertz CT molecular complexity index is 686. The van der Waals surface area contributed by atoms with Crippen LogP contribution in [0.3, 0.4) is 0 Å². The molecule has 0 unspecified atom stereocenters. The lowest BCUT2D eigenvalue weighted by molar-refractivity contribution is -0.262. The van der Waals surface area contributed by atoms with Crippen molar-refractivity contribution in [1.29, 1.82) is 0 Å². The number of hydrogen-bond acceptors (Lipinski definition) is 4. The molecule has 2 bridgehead atoms. The van der Waals surface area contributed by atoms with Crippen LogP contribution >= 0.6 is 0 Å². The largest absolute Gasteiger partial charge is 0.487 e. The van der Waals surface area contributed by atoms with Crippen LogP contribution in [0.4, 0.5) is 0 Å². The summed E-state index contributed by atoms with van der Waals surface area (Å²) < 4.78 is 18.6. The molecule has 2 fully saturated rings. The molecule has 136 valence electrons. The highest BCUT2D eigenvalue weighted by atomic mass is 16.5. The first-order valence-corrected chi connectivity index (χ1v) is 9.46. The van der Waals surface area contributed by atoms with E-state index in [0.717, 1.165) is 17.7 Å². The zero-order valence-corrected chi connectivity index (χ0v) is 15.6. The molecule has 1 aliphatic carbocycles. The van der Waals surface area contributed by atoms with Crippen molar-refractivity contribution < 1.29 is 19.0 Å². The van der Waals surface area contributed by atoms with Gasteiger partial charge in [-0.15, -0.1) is 0 Å². The normalized spacial score (nSPS) is 41.4. The fourth-order valence-corrected chi connectivity index (χ4v) is 5.57. The van der Waals surface area contributed by atoms with Gasteiger partial charge in [-0.1, -0.05) is 39.0 Å². The van der Waals surface area contributed by atoms with Gasteiger partial charge in [-0.2, -0.15) is 0 Å². The van der Waals surface area contributed by atoms with E-state index in [9.17, 15) is 4.79 Å². The molecule has 4 nitrogen and oxygen atoms in total. The Labute approximate surface area is 149 Å².